The topological polar surface area (TPSA) is 85.3 Å². The van der Waals surface area contributed by atoms with Crippen molar-refractivity contribution in [3.05, 3.63) is 70.0 Å². The molecule has 0 radical (unpaired) electrons. The molecular weight excluding hydrogens is 403 g/mol. The monoisotopic (exact) mass is 417 g/mol. The van der Waals surface area contributed by atoms with Crippen molar-refractivity contribution in [3.8, 4) is 11.1 Å². The average molecular weight is 417 g/mol. The highest BCUT2D eigenvalue weighted by atomic mass is 32.1. The second-order valence-corrected chi connectivity index (χ2v) is 7.16. The lowest BCUT2D eigenvalue weighted by molar-refractivity contribution is -0.136. The Morgan fingerprint density at radius 2 is 1.93 bits per heavy atom. The number of nitrogens with two attached hydrogens (primary N) is 1. The molecule has 29 heavy (non-hydrogen) atoms. The van der Waals surface area contributed by atoms with E-state index in [0.29, 0.717) is 17.0 Å². The highest BCUT2D eigenvalue weighted by molar-refractivity contribution is 7.12. The lowest BCUT2D eigenvalue weighted by Gasteiger charge is -2.09. The van der Waals surface area contributed by atoms with E-state index in [4.69, 9.17) is 5.73 Å². The summed E-state index contributed by atoms with van der Waals surface area (Å²) in [5, 5.41) is 8.21. The molecule has 0 atom stereocenters. The van der Waals surface area contributed by atoms with Gasteiger partial charge in [-0.1, -0.05) is 30.3 Å². The normalized spacial score (nSPS) is 11.7. The number of carbonyl (C=O) groups is 1. The maximum atomic E-state index is 13.4. The predicted molar refractivity (Wildman–Crippen MR) is 103 cm³/mol. The van der Waals surface area contributed by atoms with Gasteiger partial charge in [0.15, 0.2) is 5.65 Å². The number of anilines is 1. The van der Waals surface area contributed by atoms with Crippen molar-refractivity contribution in [2.45, 2.75) is 12.7 Å². The molecule has 4 rings (SSSR count). The van der Waals surface area contributed by atoms with Crippen LogP contribution in [0, 0.1) is 0 Å². The maximum Gasteiger partial charge on any atom is 0.420 e. The number of fused-ring (bicyclic) bond motifs is 1. The highest BCUT2D eigenvalue weighted by Gasteiger charge is 2.35. The third-order valence-electron chi connectivity index (χ3n) is 4.21. The van der Waals surface area contributed by atoms with Crippen molar-refractivity contribution in [1.29, 1.82) is 0 Å². The Kier molecular flexibility index (Phi) is 4.71. The van der Waals surface area contributed by atoms with Gasteiger partial charge in [-0.05, 0) is 28.6 Å². The molecule has 3 aromatic heterocycles. The summed E-state index contributed by atoms with van der Waals surface area (Å²) in [6.45, 7) is 0.356. The summed E-state index contributed by atoms with van der Waals surface area (Å²) in [6, 6.07) is 11.9. The minimum absolute atomic E-state index is 0.251. The summed E-state index contributed by atoms with van der Waals surface area (Å²) < 4.78 is 41.3. The molecular formula is C19H14F3N5OS. The van der Waals surface area contributed by atoms with E-state index in [-0.39, 0.29) is 23.1 Å². The molecule has 0 unspecified atom stereocenters. The first-order valence-electron chi connectivity index (χ1n) is 8.45. The number of alkyl halides is 3. The first-order chi connectivity index (χ1) is 13.8. The Morgan fingerprint density at radius 1 is 1.17 bits per heavy atom. The number of carbonyl (C=O) groups excluding carboxylic acids is 1. The number of hydrogen-bond acceptors (Lipinski definition) is 5. The van der Waals surface area contributed by atoms with Crippen LogP contribution in [0.3, 0.4) is 0 Å². The van der Waals surface area contributed by atoms with Gasteiger partial charge in [0, 0.05) is 18.3 Å². The number of halogens is 3. The zero-order chi connectivity index (χ0) is 20.6. The molecule has 0 aliphatic carbocycles. The van der Waals surface area contributed by atoms with E-state index in [1.54, 1.807) is 11.4 Å². The first-order valence-corrected chi connectivity index (χ1v) is 9.33. The molecule has 0 saturated heterocycles. The fraction of sp³-hybridized carbons (Fsp3) is 0.105. The van der Waals surface area contributed by atoms with Crippen molar-refractivity contribution in [2.75, 3.05) is 5.73 Å². The Bertz CT molecular complexity index is 1180. The standard InChI is InChI=1S/C19H14F3N5OS/c20-19(21,22)14-6-12(9-27-16(14)25-18(23)26-27)13-7-15(29-10-13)17(28)24-8-11-4-2-1-3-5-11/h1-7,9-10H,8H2,(H2,23,26)(H,24,28). The Labute approximate surface area is 166 Å². The van der Waals surface area contributed by atoms with Crippen LogP contribution < -0.4 is 11.1 Å². The molecule has 0 fully saturated rings. The van der Waals surface area contributed by atoms with Crippen LogP contribution in [0.2, 0.25) is 0 Å². The van der Waals surface area contributed by atoms with Crippen LogP contribution in [0.15, 0.2) is 54.0 Å². The van der Waals surface area contributed by atoms with Crippen LogP contribution in [0.5, 0.6) is 0 Å². The molecule has 1 amide bonds. The van der Waals surface area contributed by atoms with Crippen LogP contribution in [0.1, 0.15) is 20.8 Å². The van der Waals surface area contributed by atoms with Crippen LogP contribution in [0.4, 0.5) is 19.1 Å². The summed E-state index contributed by atoms with van der Waals surface area (Å²) >= 11 is 1.15. The van der Waals surface area contributed by atoms with Crippen LogP contribution in [-0.2, 0) is 12.7 Å². The molecule has 0 aliphatic rings. The molecule has 148 valence electrons. The first kappa shape index (κ1) is 18.9. The number of aromatic nitrogens is 3. The molecule has 4 aromatic rings. The quantitative estimate of drug-likeness (QED) is 0.526. The number of hydrogen-bond donors (Lipinski definition) is 2. The number of pyridine rings is 1. The number of nitrogens with one attached hydrogen (secondary N) is 1. The Hall–Kier alpha value is -3.40. The second-order valence-electron chi connectivity index (χ2n) is 6.25. The SMILES string of the molecule is Nc1nc2c(C(F)(F)F)cc(-c3csc(C(=O)NCc4ccccc4)c3)cn2n1. The fourth-order valence-corrected chi connectivity index (χ4v) is 3.67. The van der Waals surface area contributed by atoms with E-state index in [1.165, 1.54) is 6.20 Å². The number of rotatable bonds is 4. The third kappa shape index (κ3) is 3.92. The molecule has 0 saturated carbocycles. The van der Waals surface area contributed by atoms with Crippen molar-refractivity contribution in [3.63, 3.8) is 0 Å². The summed E-state index contributed by atoms with van der Waals surface area (Å²) in [4.78, 5) is 16.4. The molecule has 3 heterocycles. The maximum absolute atomic E-state index is 13.4. The molecule has 0 aliphatic heterocycles. The summed E-state index contributed by atoms with van der Waals surface area (Å²) in [7, 11) is 0. The van der Waals surface area contributed by atoms with Gasteiger partial charge >= 0.3 is 6.18 Å². The van der Waals surface area contributed by atoms with Gasteiger partial charge in [0.1, 0.15) is 5.56 Å². The largest absolute Gasteiger partial charge is 0.420 e. The molecule has 0 bridgehead atoms. The number of thiophene rings is 1. The van der Waals surface area contributed by atoms with Gasteiger partial charge in [-0.25, -0.2) is 4.52 Å². The van der Waals surface area contributed by atoms with Gasteiger partial charge in [-0.2, -0.15) is 18.2 Å². The lowest BCUT2D eigenvalue weighted by Crippen LogP contribution is -2.21. The smallest absolute Gasteiger partial charge is 0.366 e. The van der Waals surface area contributed by atoms with Gasteiger partial charge in [0.05, 0.1) is 4.88 Å². The van der Waals surface area contributed by atoms with E-state index < -0.39 is 11.7 Å². The van der Waals surface area contributed by atoms with Crippen molar-refractivity contribution < 1.29 is 18.0 Å². The van der Waals surface area contributed by atoms with E-state index in [0.717, 1.165) is 27.5 Å². The zero-order valence-electron chi connectivity index (χ0n) is 14.8. The van der Waals surface area contributed by atoms with Gasteiger partial charge in [-0.15, -0.1) is 16.4 Å². The van der Waals surface area contributed by atoms with Gasteiger partial charge in [0.25, 0.3) is 5.91 Å². The predicted octanol–water partition coefficient (Wildman–Crippen LogP) is 3.99. The van der Waals surface area contributed by atoms with E-state index in [1.807, 2.05) is 30.3 Å². The minimum atomic E-state index is -4.62. The van der Waals surface area contributed by atoms with Gasteiger partial charge < -0.3 is 11.1 Å². The third-order valence-corrected chi connectivity index (χ3v) is 5.14. The summed E-state index contributed by atoms with van der Waals surface area (Å²) in [6.07, 6.45) is -3.22. The molecule has 3 N–H and O–H groups in total. The minimum Gasteiger partial charge on any atom is -0.366 e. The van der Waals surface area contributed by atoms with Gasteiger partial charge in [0.2, 0.25) is 5.95 Å². The summed E-state index contributed by atoms with van der Waals surface area (Å²) in [5.41, 5.74) is 5.82. The Morgan fingerprint density at radius 3 is 2.66 bits per heavy atom. The Balaban J connectivity index is 1.62. The molecule has 10 heteroatoms. The number of amides is 1. The lowest BCUT2D eigenvalue weighted by atomic mass is 10.1. The fourth-order valence-electron chi connectivity index (χ4n) is 2.84. The van der Waals surface area contributed by atoms with Crippen LogP contribution >= 0.6 is 11.3 Å². The molecule has 1 aromatic carbocycles. The molecule has 0 spiro atoms. The van der Waals surface area contributed by atoms with E-state index in [2.05, 4.69) is 15.4 Å². The number of benzene rings is 1. The van der Waals surface area contributed by atoms with Crippen LogP contribution in [-0.4, -0.2) is 20.5 Å². The van der Waals surface area contributed by atoms with Gasteiger partial charge in [-0.3, -0.25) is 4.79 Å². The second kappa shape index (κ2) is 7.21. The van der Waals surface area contributed by atoms with Crippen molar-refractivity contribution in [2.24, 2.45) is 0 Å². The molecule has 6 nitrogen and oxygen atoms in total. The zero-order valence-corrected chi connectivity index (χ0v) is 15.6. The van der Waals surface area contributed by atoms with Crippen molar-refractivity contribution in [1.82, 2.24) is 19.9 Å². The van der Waals surface area contributed by atoms with Crippen molar-refractivity contribution >= 4 is 28.8 Å². The average Bonchev–Trinajstić information content (AvgIpc) is 3.31. The van der Waals surface area contributed by atoms with E-state index >= 15 is 0 Å². The highest BCUT2D eigenvalue weighted by Crippen LogP contribution is 2.36. The number of nitrogens with zero attached hydrogens (tertiary/aromatic N) is 3. The summed E-state index contributed by atoms with van der Waals surface area (Å²) in [5.74, 6) is -0.550. The van der Waals surface area contributed by atoms with E-state index in [9.17, 15) is 18.0 Å². The van der Waals surface area contributed by atoms with Crippen LogP contribution in [0.25, 0.3) is 16.8 Å². The number of nitrogen functional groups attached to an aromatic ring is 1.